The molecule has 0 fully saturated rings. The van der Waals surface area contributed by atoms with E-state index in [1.165, 1.54) is 0 Å². The highest BCUT2D eigenvalue weighted by atomic mass is 15.1. The van der Waals surface area contributed by atoms with Gasteiger partial charge in [-0.25, -0.2) is 4.98 Å². The molecule has 0 bridgehead atoms. The minimum atomic E-state index is -0.769. The Hall–Kier alpha value is -2.68. The van der Waals surface area contributed by atoms with Crippen LogP contribution in [0, 0.1) is 0 Å². The minimum absolute atomic E-state index is 0.545. The number of hydrogen-bond donors (Lipinski definition) is 0. The maximum absolute atomic E-state index is 7.19. The molecule has 4 aromatic rings. The van der Waals surface area contributed by atoms with E-state index in [-0.39, 0.29) is 0 Å². The van der Waals surface area contributed by atoms with Gasteiger partial charge in [-0.3, -0.25) is 4.57 Å². The average Bonchev–Trinajstić information content (AvgIpc) is 3.07. The number of aromatic nitrogens is 2. The highest BCUT2D eigenvalue weighted by Gasteiger charge is 2.38. The maximum Gasteiger partial charge on any atom is 0.146 e. The van der Waals surface area contributed by atoms with Crippen molar-refractivity contribution in [2.24, 2.45) is 0 Å². The lowest BCUT2D eigenvalue weighted by Gasteiger charge is -2.35. The van der Waals surface area contributed by atoms with Crippen LogP contribution in [0.15, 0.2) is 60.7 Å². The summed E-state index contributed by atoms with van der Waals surface area (Å²) in [5.41, 5.74) is 8.02. The Morgan fingerprint density at radius 1 is 0.844 bits per heavy atom. The quantitative estimate of drug-likeness (QED) is 0.414. The third-order valence-electron chi connectivity index (χ3n) is 6.62. The Balaban J connectivity index is 2.06. The highest BCUT2D eigenvalue weighted by molar-refractivity contribution is 6.20. The van der Waals surface area contributed by atoms with Crippen molar-refractivity contribution in [2.45, 2.75) is 50.6 Å². The molecule has 1 unspecified atom stereocenters. The topological polar surface area (TPSA) is 17.8 Å². The van der Waals surface area contributed by atoms with E-state index in [2.05, 4.69) is 41.8 Å². The van der Waals surface area contributed by atoms with E-state index in [9.17, 15) is 0 Å². The second-order valence-corrected chi connectivity index (χ2v) is 10.4. The van der Waals surface area contributed by atoms with Gasteiger partial charge in [-0.15, -0.1) is 0 Å². The van der Waals surface area contributed by atoms with Crippen molar-refractivity contribution in [1.82, 2.24) is 9.55 Å². The number of fused-ring (bicyclic) bond motifs is 7. The van der Waals surface area contributed by atoms with E-state index in [0.717, 1.165) is 50.4 Å². The summed E-state index contributed by atoms with van der Waals surface area (Å²) in [5.74, 6) is 0.877. The molecule has 152 valence electrons. The van der Waals surface area contributed by atoms with Crippen molar-refractivity contribution in [3.8, 4) is 17.1 Å². The zero-order valence-electron chi connectivity index (χ0n) is 19.4. The Morgan fingerprint density at radius 3 is 2.19 bits per heavy atom. The van der Waals surface area contributed by atoms with Crippen LogP contribution >= 0.6 is 0 Å². The molecule has 0 saturated carbocycles. The van der Waals surface area contributed by atoms with Crippen molar-refractivity contribution in [2.75, 3.05) is 0 Å². The fourth-order valence-electron chi connectivity index (χ4n) is 4.84. The molecule has 0 amide bonds. The largest absolute Gasteiger partial charge is 0.292 e. The van der Waals surface area contributed by atoms with E-state index >= 15 is 0 Å². The molecule has 0 aliphatic carbocycles. The number of benzene rings is 3. The second kappa shape index (κ2) is 6.67. The van der Waals surface area contributed by atoms with Crippen molar-refractivity contribution >= 4 is 34.6 Å². The van der Waals surface area contributed by atoms with Crippen LogP contribution in [-0.2, 0) is 15.9 Å². The highest BCUT2D eigenvalue weighted by Crippen LogP contribution is 2.48. The van der Waals surface area contributed by atoms with Crippen molar-refractivity contribution in [3.05, 3.63) is 82.9 Å². The maximum atomic E-state index is 7.19. The Morgan fingerprint density at radius 2 is 1.50 bits per heavy atom. The number of nitrogens with zero attached hydrogens (tertiary/aromatic N) is 2. The fraction of sp³-hybridized carbons (Fsp3) is 0.296. The van der Waals surface area contributed by atoms with Crippen LogP contribution < -0.4 is 0 Å². The van der Waals surface area contributed by atoms with Crippen molar-refractivity contribution in [1.29, 1.82) is 0 Å². The first-order chi connectivity index (χ1) is 14.9. The van der Waals surface area contributed by atoms with Gasteiger partial charge in [0.15, 0.2) is 0 Å². The number of hydrogen-bond acceptors (Lipinski definition) is 1. The Labute approximate surface area is 194 Å². The summed E-state index contributed by atoms with van der Waals surface area (Å²) in [6.45, 7) is 10.2. The standard InChI is InChI=1S/C27H25B3N2/c1-25(2,28)16-14-19(26(3,4)29)23-20(15-16)27(5,30)18-11-7-6-10-17(18)24-31-21-12-8-9-13-22(21)32(23)24/h6-15H,1-5H3. The molecule has 0 spiro atoms. The van der Waals surface area contributed by atoms with Gasteiger partial charge in [-0.1, -0.05) is 88.7 Å². The zero-order chi connectivity index (χ0) is 23.1. The van der Waals surface area contributed by atoms with E-state index in [1.54, 1.807) is 0 Å². The lowest BCUT2D eigenvalue weighted by Crippen LogP contribution is -2.30. The fourth-order valence-corrected chi connectivity index (χ4v) is 4.84. The molecule has 32 heavy (non-hydrogen) atoms. The van der Waals surface area contributed by atoms with Crippen LogP contribution in [-0.4, -0.2) is 33.1 Å². The second-order valence-electron chi connectivity index (χ2n) is 10.4. The molecule has 2 heterocycles. The predicted octanol–water partition coefficient (Wildman–Crippen LogP) is 5.25. The van der Waals surface area contributed by atoms with Crippen LogP contribution in [0.1, 0.15) is 56.9 Å². The molecule has 6 radical (unpaired) electrons. The average molecular weight is 410 g/mol. The summed E-state index contributed by atoms with van der Waals surface area (Å²) >= 11 is 0. The first kappa shape index (κ1) is 21.2. The van der Waals surface area contributed by atoms with Crippen molar-refractivity contribution < 1.29 is 0 Å². The van der Waals surface area contributed by atoms with Gasteiger partial charge in [-0.2, -0.15) is 0 Å². The summed E-state index contributed by atoms with van der Waals surface area (Å²) in [7, 11) is 20.6. The molecule has 1 aliphatic rings. The third-order valence-corrected chi connectivity index (χ3v) is 6.62. The van der Waals surface area contributed by atoms with Gasteiger partial charge in [0.1, 0.15) is 5.82 Å². The smallest absolute Gasteiger partial charge is 0.146 e. The Bertz CT molecular complexity index is 1370. The van der Waals surface area contributed by atoms with Crippen LogP contribution in [0.5, 0.6) is 0 Å². The van der Waals surface area contributed by atoms with Crippen LogP contribution in [0.2, 0.25) is 0 Å². The summed E-state index contributed by atoms with van der Waals surface area (Å²) in [5, 5.41) is -1.94. The first-order valence-electron chi connectivity index (χ1n) is 11.0. The molecule has 3 aromatic carbocycles. The molecule has 0 N–H and O–H groups in total. The lowest BCUT2D eigenvalue weighted by molar-refractivity contribution is 0.714. The summed E-state index contributed by atoms with van der Waals surface area (Å²) < 4.78 is 2.23. The summed E-state index contributed by atoms with van der Waals surface area (Å²) in [6.07, 6.45) is 0. The van der Waals surface area contributed by atoms with Crippen LogP contribution in [0.25, 0.3) is 28.1 Å². The SMILES string of the molecule is [B]C(C)(C)c1cc(C([B])(C)C)c2c(c1)C([B])(C)c1ccccc1-c1nc3ccccc3n1-2. The molecule has 1 aliphatic heterocycles. The number of para-hydroxylation sites is 2. The zero-order valence-corrected chi connectivity index (χ0v) is 19.4. The minimum Gasteiger partial charge on any atom is -0.292 e. The monoisotopic (exact) mass is 410 g/mol. The molecule has 1 atom stereocenters. The number of imidazole rings is 1. The molecular formula is C27H25B3N2. The van der Waals surface area contributed by atoms with Gasteiger partial charge < -0.3 is 0 Å². The van der Waals surface area contributed by atoms with E-state index < -0.39 is 15.9 Å². The lowest BCUT2D eigenvalue weighted by atomic mass is 9.56. The molecule has 1 aromatic heterocycles. The van der Waals surface area contributed by atoms with Gasteiger partial charge in [0.25, 0.3) is 0 Å². The third kappa shape index (κ3) is 3.01. The Kier molecular flexibility index (Phi) is 4.41. The first-order valence-corrected chi connectivity index (χ1v) is 11.0. The van der Waals surface area contributed by atoms with E-state index in [0.29, 0.717) is 0 Å². The normalized spacial score (nSPS) is 18.0. The predicted molar refractivity (Wildman–Crippen MR) is 136 cm³/mol. The number of rotatable bonds is 2. The van der Waals surface area contributed by atoms with Crippen molar-refractivity contribution in [3.63, 3.8) is 0 Å². The molecule has 5 rings (SSSR count). The van der Waals surface area contributed by atoms with Gasteiger partial charge in [0, 0.05) is 5.56 Å². The summed E-state index contributed by atoms with van der Waals surface area (Å²) in [4.78, 5) is 5.06. The molecule has 0 saturated heterocycles. The summed E-state index contributed by atoms with van der Waals surface area (Å²) in [6, 6.07) is 20.8. The van der Waals surface area contributed by atoms with Crippen LogP contribution in [0.4, 0.5) is 0 Å². The van der Waals surface area contributed by atoms with Gasteiger partial charge >= 0.3 is 0 Å². The molecule has 2 nitrogen and oxygen atoms in total. The van der Waals surface area contributed by atoms with Gasteiger partial charge in [0.05, 0.1) is 40.3 Å². The van der Waals surface area contributed by atoms with E-state index in [4.69, 9.17) is 28.5 Å². The van der Waals surface area contributed by atoms with Gasteiger partial charge in [-0.05, 0) is 44.8 Å². The van der Waals surface area contributed by atoms with E-state index in [1.807, 2.05) is 58.0 Å². The van der Waals surface area contributed by atoms with Crippen LogP contribution in [0.3, 0.4) is 0 Å². The van der Waals surface area contributed by atoms with Gasteiger partial charge in [0.2, 0.25) is 0 Å². The molecular weight excluding hydrogens is 385 g/mol. The molecule has 5 heteroatoms.